The summed E-state index contributed by atoms with van der Waals surface area (Å²) in [5.74, 6) is -0.224. The summed E-state index contributed by atoms with van der Waals surface area (Å²) in [6, 6.07) is 12.5. The molecule has 2 N–H and O–H groups in total. The normalized spacial score (nSPS) is 10.4. The molecule has 2 nitrogen and oxygen atoms in total. The highest BCUT2D eigenvalue weighted by atomic mass is 19.1. The van der Waals surface area contributed by atoms with Gasteiger partial charge in [-0.05, 0) is 55.8 Å². The van der Waals surface area contributed by atoms with Crippen LogP contribution in [0.4, 0.5) is 21.5 Å². The van der Waals surface area contributed by atoms with Gasteiger partial charge in [-0.1, -0.05) is 6.07 Å². The Bertz CT molecular complexity index is 552. The molecule has 0 spiro atoms. The van der Waals surface area contributed by atoms with Gasteiger partial charge < -0.3 is 10.6 Å². The predicted molar refractivity (Wildman–Crippen MR) is 74.7 cm³/mol. The van der Waals surface area contributed by atoms with Crippen molar-refractivity contribution in [2.24, 2.45) is 0 Å². The Hall–Kier alpha value is -2.03. The van der Waals surface area contributed by atoms with Crippen molar-refractivity contribution in [1.29, 1.82) is 0 Å². The van der Waals surface area contributed by atoms with Crippen LogP contribution in [0.2, 0.25) is 0 Å². The van der Waals surface area contributed by atoms with Crippen LogP contribution in [0, 0.1) is 12.7 Å². The van der Waals surface area contributed by atoms with Crippen LogP contribution in [0.5, 0.6) is 0 Å². The van der Waals surface area contributed by atoms with Gasteiger partial charge in [-0.2, -0.15) is 0 Å². The zero-order chi connectivity index (χ0) is 13.1. The summed E-state index contributed by atoms with van der Waals surface area (Å²) in [5.41, 5.74) is 9.49. The minimum atomic E-state index is -0.224. The van der Waals surface area contributed by atoms with Gasteiger partial charge in [0.15, 0.2) is 0 Å². The van der Waals surface area contributed by atoms with E-state index in [1.165, 1.54) is 12.1 Å². The third-order valence-electron chi connectivity index (χ3n) is 3.00. The Morgan fingerprint density at radius 3 is 2.44 bits per heavy atom. The summed E-state index contributed by atoms with van der Waals surface area (Å²) < 4.78 is 13.3. The van der Waals surface area contributed by atoms with Crippen molar-refractivity contribution < 1.29 is 4.39 Å². The van der Waals surface area contributed by atoms with Crippen molar-refractivity contribution in [1.82, 2.24) is 0 Å². The van der Waals surface area contributed by atoms with Crippen LogP contribution in [0.15, 0.2) is 42.5 Å². The van der Waals surface area contributed by atoms with Crippen LogP contribution >= 0.6 is 0 Å². The second-order valence-corrected chi connectivity index (χ2v) is 4.27. The first-order chi connectivity index (χ1) is 8.61. The molecule has 3 heteroatoms. The third kappa shape index (κ3) is 2.45. The van der Waals surface area contributed by atoms with Crippen molar-refractivity contribution in [2.45, 2.75) is 13.8 Å². The Morgan fingerprint density at radius 1 is 1.11 bits per heavy atom. The molecular weight excluding hydrogens is 227 g/mol. The monoisotopic (exact) mass is 244 g/mol. The molecule has 0 saturated carbocycles. The second-order valence-electron chi connectivity index (χ2n) is 4.27. The molecule has 0 aliphatic carbocycles. The lowest BCUT2D eigenvalue weighted by molar-refractivity contribution is 0.627. The number of anilines is 3. The number of nitrogens with zero attached hydrogens (tertiary/aromatic N) is 1. The molecule has 0 radical (unpaired) electrons. The van der Waals surface area contributed by atoms with Gasteiger partial charge in [0.05, 0.1) is 0 Å². The molecule has 2 rings (SSSR count). The van der Waals surface area contributed by atoms with Crippen LogP contribution in [-0.4, -0.2) is 6.54 Å². The molecule has 0 unspecified atom stereocenters. The number of benzene rings is 2. The van der Waals surface area contributed by atoms with Gasteiger partial charge in [-0.15, -0.1) is 0 Å². The molecule has 0 aliphatic rings. The minimum Gasteiger partial charge on any atom is -0.399 e. The van der Waals surface area contributed by atoms with Gasteiger partial charge in [0.2, 0.25) is 0 Å². The summed E-state index contributed by atoms with van der Waals surface area (Å²) in [6.45, 7) is 4.78. The van der Waals surface area contributed by atoms with Crippen molar-refractivity contribution >= 4 is 17.1 Å². The summed E-state index contributed by atoms with van der Waals surface area (Å²) in [6.07, 6.45) is 0. The van der Waals surface area contributed by atoms with Crippen molar-refractivity contribution in [3.63, 3.8) is 0 Å². The average Bonchev–Trinajstić information content (AvgIpc) is 2.35. The van der Waals surface area contributed by atoms with Crippen molar-refractivity contribution in [3.05, 3.63) is 53.8 Å². The Labute approximate surface area is 107 Å². The average molecular weight is 244 g/mol. The van der Waals surface area contributed by atoms with Gasteiger partial charge in [0.1, 0.15) is 5.82 Å². The Balaban J connectivity index is 2.42. The van der Waals surface area contributed by atoms with Crippen LogP contribution in [0.25, 0.3) is 0 Å². The van der Waals surface area contributed by atoms with E-state index in [0.717, 1.165) is 29.2 Å². The van der Waals surface area contributed by atoms with E-state index in [0.29, 0.717) is 0 Å². The first-order valence-electron chi connectivity index (χ1n) is 6.01. The standard InChI is InChI=1S/C15H17FN2/c1-3-18(13-6-4-5-12(16)10-13)14-7-8-15(17)11(2)9-14/h4-10H,3,17H2,1-2H3. The lowest BCUT2D eigenvalue weighted by Crippen LogP contribution is -2.16. The van der Waals surface area contributed by atoms with Gasteiger partial charge in [-0.3, -0.25) is 0 Å². The minimum absolute atomic E-state index is 0.224. The predicted octanol–water partition coefficient (Wildman–Crippen LogP) is 3.87. The molecular formula is C15H17FN2. The molecule has 2 aromatic rings. The number of aryl methyl sites for hydroxylation is 1. The van der Waals surface area contributed by atoms with Crippen molar-refractivity contribution in [2.75, 3.05) is 17.2 Å². The number of hydrogen-bond acceptors (Lipinski definition) is 2. The smallest absolute Gasteiger partial charge is 0.125 e. The quantitative estimate of drug-likeness (QED) is 0.830. The lowest BCUT2D eigenvalue weighted by Gasteiger charge is -2.24. The van der Waals surface area contributed by atoms with E-state index in [-0.39, 0.29) is 5.82 Å². The van der Waals surface area contributed by atoms with E-state index in [9.17, 15) is 4.39 Å². The van der Waals surface area contributed by atoms with Gasteiger partial charge in [0.25, 0.3) is 0 Å². The summed E-state index contributed by atoms with van der Waals surface area (Å²) in [7, 11) is 0. The molecule has 18 heavy (non-hydrogen) atoms. The molecule has 0 atom stereocenters. The zero-order valence-electron chi connectivity index (χ0n) is 10.7. The van der Waals surface area contributed by atoms with E-state index < -0.39 is 0 Å². The third-order valence-corrected chi connectivity index (χ3v) is 3.00. The summed E-state index contributed by atoms with van der Waals surface area (Å²) >= 11 is 0. The first-order valence-corrected chi connectivity index (χ1v) is 6.01. The molecule has 2 aromatic carbocycles. The fraction of sp³-hybridized carbons (Fsp3) is 0.200. The highest BCUT2D eigenvalue weighted by molar-refractivity contribution is 5.66. The highest BCUT2D eigenvalue weighted by Gasteiger charge is 2.08. The summed E-state index contributed by atoms with van der Waals surface area (Å²) in [5, 5.41) is 0. The molecule has 0 fully saturated rings. The van der Waals surface area contributed by atoms with Crippen LogP contribution in [0.1, 0.15) is 12.5 Å². The van der Waals surface area contributed by atoms with Gasteiger partial charge >= 0.3 is 0 Å². The maximum atomic E-state index is 13.3. The molecule has 0 amide bonds. The largest absolute Gasteiger partial charge is 0.399 e. The SMILES string of the molecule is CCN(c1cccc(F)c1)c1ccc(N)c(C)c1. The van der Waals surface area contributed by atoms with E-state index in [2.05, 4.69) is 4.90 Å². The van der Waals surface area contributed by atoms with E-state index in [1.54, 1.807) is 6.07 Å². The fourth-order valence-corrected chi connectivity index (χ4v) is 1.99. The second kappa shape index (κ2) is 5.08. The van der Waals surface area contributed by atoms with Crippen LogP contribution in [0.3, 0.4) is 0 Å². The zero-order valence-corrected chi connectivity index (χ0v) is 10.7. The van der Waals surface area contributed by atoms with Crippen LogP contribution < -0.4 is 10.6 Å². The molecule has 0 saturated heterocycles. The number of halogens is 1. The summed E-state index contributed by atoms with van der Waals surface area (Å²) in [4.78, 5) is 2.05. The molecule has 94 valence electrons. The van der Waals surface area contributed by atoms with E-state index >= 15 is 0 Å². The molecule has 0 heterocycles. The number of nitrogen functional groups attached to an aromatic ring is 1. The molecule has 0 aliphatic heterocycles. The van der Waals surface area contributed by atoms with Crippen LogP contribution in [-0.2, 0) is 0 Å². The maximum absolute atomic E-state index is 13.3. The maximum Gasteiger partial charge on any atom is 0.125 e. The van der Waals surface area contributed by atoms with Crippen molar-refractivity contribution in [3.8, 4) is 0 Å². The fourth-order valence-electron chi connectivity index (χ4n) is 1.99. The molecule has 0 aromatic heterocycles. The first kappa shape index (κ1) is 12.4. The van der Waals surface area contributed by atoms with Gasteiger partial charge in [-0.25, -0.2) is 4.39 Å². The topological polar surface area (TPSA) is 29.3 Å². The Morgan fingerprint density at radius 2 is 1.83 bits per heavy atom. The van der Waals surface area contributed by atoms with Gasteiger partial charge in [0, 0.05) is 23.6 Å². The number of hydrogen-bond donors (Lipinski definition) is 1. The van der Waals surface area contributed by atoms with E-state index in [1.807, 2.05) is 38.1 Å². The highest BCUT2D eigenvalue weighted by Crippen LogP contribution is 2.27. The van der Waals surface area contributed by atoms with E-state index in [4.69, 9.17) is 5.73 Å². The number of nitrogens with two attached hydrogens (primary N) is 1. The lowest BCUT2D eigenvalue weighted by atomic mass is 10.1. The number of rotatable bonds is 3. The Kier molecular flexibility index (Phi) is 3.51. The molecule has 0 bridgehead atoms.